The summed E-state index contributed by atoms with van der Waals surface area (Å²) < 4.78 is 0. The van der Waals surface area contributed by atoms with Crippen LogP contribution in [0.15, 0.2) is 4.99 Å². The third-order valence-corrected chi connectivity index (χ3v) is 15.9. The number of likely N-dealkylation sites (tertiary alicyclic amines) is 3. The van der Waals surface area contributed by atoms with E-state index in [1.54, 1.807) is 53.3 Å². The van der Waals surface area contributed by atoms with Crippen LogP contribution in [-0.2, 0) is 57.5 Å². The number of hydrogen-bond donors (Lipinski definition) is 13. The highest BCUT2D eigenvalue weighted by Gasteiger charge is 2.42. The molecule has 3 aliphatic heterocycles. The lowest BCUT2D eigenvalue weighted by atomic mass is 9.99. The molecule has 0 aromatic carbocycles. The van der Waals surface area contributed by atoms with E-state index in [0.29, 0.717) is 50.8 Å². The van der Waals surface area contributed by atoms with Gasteiger partial charge in [-0.05, 0) is 120 Å². The monoisotopic (exact) mass is 1250 g/mol. The smallest absolute Gasteiger partial charge is 0.326 e. The number of nitrogens with two attached hydrogens (primary N) is 3. The van der Waals surface area contributed by atoms with Gasteiger partial charge in [0.1, 0.15) is 60.4 Å². The summed E-state index contributed by atoms with van der Waals surface area (Å²) in [6.45, 7) is 14.9. The van der Waals surface area contributed by atoms with Gasteiger partial charge in [0.15, 0.2) is 5.96 Å². The zero-order valence-corrected chi connectivity index (χ0v) is 53.1. The standard InChI is InChI=1S/C57H99N15O14S/c1-30(2)25-37(66-52(81)42-17-13-22-71(42)54(83)35(58)19-24-87-10)48(77)64-36(15-11-20-61-57(59)60)47(76)65-38(26-31(3)4)49(78)69-45(33(7)8)53(82)63-34(9)46(75)68-40(29-73)50(79)67-39(27-32(5)6)55(84)72-23-12-16-41(72)51(80)62-28-44(74)70-21-14-18-43(70)56(85)86/h30-43,45,73H,11-29,58H2,1-10H3,(H,62,80)(H,63,82)(H,64,77)(H,65,76)(H,66,81)(H,67,79)(H,68,75)(H,69,78)(H,85,86)(H4,59,60,61)/t34-,35-,36-,37-,38-,39-,40-,41-,42-,43-,45-/m0/s1. The Bertz CT molecular complexity index is 2430. The van der Waals surface area contributed by atoms with Crippen molar-refractivity contribution in [2.75, 3.05) is 51.3 Å². The van der Waals surface area contributed by atoms with Gasteiger partial charge in [0.25, 0.3) is 0 Å². The lowest BCUT2D eigenvalue weighted by Gasteiger charge is -2.31. The summed E-state index contributed by atoms with van der Waals surface area (Å²) in [7, 11) is 0. The van der Waals surface area contributed by atoms with E-state index in [2.05, 4.69) is 47.5 Å². The quantitative estimate of drug-likeness (QED) is 0.0177. The molecule has 11 amide bonds. The summed E-state index contributed by atoms with van der Waals surface area (Å²) in [6, 6.07) is -12.8. The maximum absolute atomic E-state index is 14.3. The third-order valence-electron chi connectivity index (χ3n) is 15.3. The van der Waals surface area contributed by atoms with E-state index in [9.17, 15) is 67.7 Å². The van der Waals surface area contributed by atoms with E-state index in [1.165, 1.54) is 21.6 Å². The Balaban J connectivity index is 1.73. The number of amides is 11. The molecule has 30 heteroatoms. The van der Waals surface area contributed by atoms with Crippen LogP contribution in [-0.4, -0.2) is 220 Å². The highest BCUT2D eigenvalue weighted by molar-refractivity contribution is 7.98. The zero-order valence-electron chi connectivity index (χ0n) is 52.3. The van der Waals surface area contributed by atoms with Crippen LogP contribution >= 0.6 is 11.8 Å². The fourth-order valence-electron chi connectivity index (χ4n) is 10.7. The number of aliphatic imine (C=N–C) groups is 1. The second-order valence-electron chi connectivity index (χ2n) is 24.4. The van der Waals surface area contributed by atoms with E-state index < -0.39 is 151 Å². The highest BCUT2D eigenvalue weighted by Crippen LogP contribution is 2.23. The van der Waals surface area contributed by atoms with Crippen LogP contribution in [0.2, 0.25) is 0 Å². The summed E-state index contributed by atoms with van der Waals surface area (Å²) in [5, 5.41) is 40.9. The van der Waals surface area contributed by atoms with Gasteiger partial charge in [-0.15, -0.1) is 0 Å². The molecule has 16 N–H and O–H groups in total. The number of aliphatic hydroxyl groups is 1. The lowest BCUT2D eigenvalue weighted by molar-refractivity contribution is -0.148. The Kier molecular flexibility index (Phi) is 31.2. The first-order valence-electron chi connectivity index (χ1n) is 30.4. The van der Waals surface area contributed by atoms with Crippen LogP contribution in [0.3, 0.4) is 0 Å². The average molecular weight is 1250 g/mol. The molecule has 11 atom stereocenters. The van der Waals surface area contributed by atoms with Crippen LogP contribution in [0.5, 0.6) is 0 Å². The van der Waals surface area contributed by atoms with Crippen LogP contribution in [0.4, 0.5) is 0 Å². The Morgan fingerprint density at radius 1 is 0.552 bits per heavy atom. The Labute approximate surface area is 514 Å². The van der Waals surface area contributed by atoms with Gasteiger partial charge in [-0.3, -0.25) is 57.7 Å². The van der Waals surface area contributed by atoms with Crippen molar-refractivity contribution in [3.63, 3.8) is 0 Å². The summed E-state index contributed by atoms with van der Waals surface area (Å²) in [5.41, 5.74) is 17.3. The minimum absolute atomic E-state index is 0.0116. The normalized spacial score (nSPS) is 19.4. The Hall–Kier alpha value is -6.82. The summed E-state index contributed by atoms with van der Waals surface area (Å²) in [4.78, 5) is 171. The molecule has 0 unspecified atom stereocenters. The van der Waals surface area contributed by atoms with Gasteiger partial charge in [-0.25, -0.2) is 4.79 Å². The summed E-state index contributed by atoms with van der Waals surface area (Å²) >= 11 is 1.55. The number of carbonyl (C=O) groups excluding carboxylic acids is 11. The summed E-state index contributed by atoms with van der Waals surface area (Å²) in [6.07, 6.45) is 5.26. The first-order chi connectivity index (χ1) is 40.9. The predicted octanol–water partition coefficient (Wildman–Crippen LogP) is -2.51. The predicted molar refractivity (Wildman–Crippen MR) is 325 cm³/mol. The molecule has 3 rings (SSSR count). The van der Waals surface area contributed by atoms with Gasteiger partial charge in [0.05, 0.1) is 19.2 Å². The number of nitrogens with one attached hydrogen (secondary N) is 8. The third kappa shape index (κ3) is 23.7. The highest BCUT2D eigenvalue weighted by atomic mass is 32.2. The number of hydrogen-bond acceptors (Lipinski definition) is 16. The molecule has 3 heterocycles. The molecule has 0 aromatic heterocycles. The van der Waals surface area contributed by atoms with Gasteiger partial charge in [0, 0.05) is 26.2 Å². The number of carboxylic acids is 1. The topological polar surface area (TPSA) is 442 Å². The van der Waals surface area contributed by atoms with Crippen molar-refractivity contribution in [1.82, 2.24) is 57.2 Å². The van der Waals surface area contributed by atoms with E-state index in [1.807, 2.05) is 20.1 Å². The van der Waals surface area contributed by atoms with E-state index in [-0.39, 0.29) is 87.8 Å². The molecular weight excluding hydrogens is 1150 g/mol. The molecule has 0 aromatic rings. The van der Waals surface area contributed by atoms with Crippen molar-refractivity contribution in [3.05, 3.63) is 0 Å². The Morgan fingerprint density at radius 3 is 1.56 bits per heavy atom. The van der Waals surface area contributed by atoms with Crippen molar-refractivity contribution >= 4 is 88.7 Å². The van der Waals surface area contributed by atoms with Crippen LogP contribution in [0, 0.1) is 23.7 Å². The fraction of sp³-hybridized carbons (Fsp3) is 0.772. The van der Waals surface area contributed by atoms with Crippen molar-refractivity contribution in [2.45, 2.75) is 206 Å². The molecular formula is C57H99N15O14S. The number of aliphatic hydroxyl groups excluding tert-OH is 1. The van der Waals surface area contributed by atoms with Gasteiger partial charge >= 0.3 is 5.97 Å². The van der Waals surface area contributed by atoms with Crippen molar-refractivity contribution in [1.29, 1.82) is 0 Å². The van der Waals surface area contributed by atoms with Crippen molar-refractivity contribution < 1.29 is 67.7 Å². The molecule has 0 radical (unpaired) electrons. The van der Waals surface area contributed by atoms with Gasteiger partial charge in [0.2, 0.25) is 65.0 Å². The average Bonchev–Trinajstić information content (AvgIpc) is 2.84. The fourth-order valence-corrected chi connectivity index (χ4v) is 11.2. The van der Waals surface area contributed by atoms with E-state index in [0.717, 1.165) is 0 Å². The molecule has 0 saturated carbocycles. The molecule has 0 aliphatic carbocycles. The molecule has 3 aliphatic rings. The lowest BCUT2D eigenvalue weighted by Crippen LogP contribution is -2.61. The second kappa shape index (κ2) is 36.5. The molecule has 87 heavy (non-hydrogen) atoms. The molecule has 3 fully saturated rings. The number of carboxylic acid groups (broad SMARTS) is 1. The van der Waals surface area contributed by atoms with Gasteiger partial charge < -0.3 is 84.6 Å². The maximum atomic E-state index is 14.3. The number of guanidine groups is 1. The number of nitrogens with zero attached hydrogens (tertiary/aromatic N) is 4. The van der Waals surface area contributed by atoms with Crippen molar-refractivity contribution in [3.8, 4) is 0 Å². The second-order valence-corrected chi connectivity index (χ2v) is 25.3. The number of thioether (sulfide) groups is 1. The number of aliphatic carboxylic acids is 1. The van der Waals surface area contributed by atoms with E-state index >= 15 is 0 Å². The van der Waals surface area contributed by atoms with Crippen molar-refractivity contribution in [2.24, 2.45) is 45.9 Å². The largest absolute Gasteiger partial charge is 0.480 e. The number of carbonyl (C=O) groups is 12. The molecule has 3 saturated heterocycles. The van der Waals surface area contributed by atoms with Crippen LogP contribution < -0.4 is 59.7 Å². The van der Waals surface area contributed by atoms with Gasteiger partial charge in [-0.2, -0.15) is 11.8 Å². The van der Waals surface area contributed by atoms with Crippen LogP contribution in [0.25, 0.3) is 0 Å². The Morgan fingerprint density at radius 2 is 1.02 bits per heavy atom. The molecule has 0 spiro atoms. The molecule has 492 valence electrons. The zero-order chi connectivity index (χ0) is 65.4. The molecule has 29 nitrogen and oxygen atoms in total. The summed E-state index contributed by atoms with van der Waals surface area (Å²) in [5.74, 6) is -9.36. The van der Waals surface area contributed by atoms with Crippen LogP contribution in [0.1, 0.15) is 139 Å². The van der Waals surface area contributed by atoms with Gasteiger partial charge in [-0.1, -0.05) is 55.4 Å². The SMILES string of the molecule is CSCC[C@H](N)C(=O)N1CCC[C@H]1C(=O)N[C@@H](CC(C)C)C(=O)N[C@@H](CCCN=C(N)N)C(=O)N[C@@H](CC(C)C)C(=O)N[C@H](C(=O)N[C@@H](C)C(=O)N[C@@H](CO)C(=O)N[C@@H](CC(C)C)C(=O)N1CCC[C@H]1C(=O)NCC(=O)N1CCC[C@H]1C(=O)O)C(C)C. The number of rotatable bonds is 35. The minimum Gasteiger partial charge on any atom is -0.480 e. The molecule has 0 bridgehead atoms. The van der Waals surface area contributed by atoms with E-state index in [4.69, 9.17) is 17.2 Å². The first kappa shape index (κ1) is 74.4. The maximum Gasteiger partial charge on any atom is 0.326 e. The first-order valence-corrected chi connectivity index (χ1v) is 31.8. The minimum atomic E-state index is -1.62.